The summed E-state index contributed by atoms with van der Waals surface area (Å²) in [5, 5.41) is 22.2. The van der Waals surface area contributed by atoms with E-state index in [4.69, 9.17) is 14.9 Å². The molecule has 0 bridgehead atoms. The molecule has 1 atom stereocenters. The van der Waals surface area contributed by atoms with E-state index in [1.54, 1.807) is 6.92 Å². The molecule has 7 nitrogen and oxygen atoms in total. The van der Waals surface area contributed by atoms with Gasteiger partial charge in [-0.1, -0.05) is 0 Å². The summed E-state index contributed by atoms with van der Waals surface area (Å²) in [5.74, 6) is -1.87. The highest BCUT2D eigenvalue weighted by Gasteiger charge is 2.13. The maximum Gasteiger partial charge on any atom is 0.332 e. The number of carboxylic acid groups (broad SMARTS) is 1. The fraction of sp³-hybridized carbons (Fsp3) is 0.385. The SMILES string of the molecule is CCOc1ccc(NC(=O)NCCC(O)C(=O)O)cc1F. The smallest absolute Gasteiger partial charge is 0.332 e. The normalized spacial score (nSPS) is 11.6. The molecule has 0 aliphatic heterocycles. The van der Waals surface area contributed by atoms with Crippen molar-refractivity contribution >= 4 is 17.7 Å². The van der Waals surface area contributed by atoms with Crippen molar-refractivity contribution in [3.8, 4) is 5.75 Å². The van der Waals surface area contributed by atoms with Crippen LogP contribution in [0, 0.1) is 5.82 Å². The molecule has 0 heterocycles. The Hall–Kier alpha value is -2.35. The number of aliphatic hydroxyl groups is 1. The Bertz CT molecular complexity index is 509. The number of aliphatic carboxylic acids is 1. The summed E-state index contributed by atoms with van der Waals surface area (Å²) in [6, 6.07) is 3.34. The molecular formula is C13H17FN2O5. The van der Waals surface area contributed by atoms with Crippen LogP contribution in [0.1, 0.15) is 13.3 Å². The fourth-order valence-corrected chi connectivity index (χ4v) is 1.47. The number of amides is 2. The van der Waals surface area contributed by atoms with Crippen LogP contribution in [0.2, 0.25) is 0 Å². The number of rotatable bonds is 7. The Morgan fingerprint density at radius 2 is 2.14 bits per heavy atom. The van der Waals surface area contributed by atoms with Gasteiger partial charge in [-0.05, 0) is 19.1 Å². The number of benzene rings is 1. The van der Waals surface area contributed by atoms with E-state index in [0.29, 0.717) is 6.61 Å². The van der Waals surface area contributed by atoms with Gasteiger partial charge in [-0.3, -0.25) is 0 Å². The minimum Gasteiger partial charge on any atom is -0.491 e. The Kier molecular flexibility index (Phi) is 6.41. The first-order chi connectivity index (χ1) is 9.93. The molecule has 1 rings (SSSR count). The van der Waals surface area contributed by atoms with Crippen molar-refractivity contribution in [3.05, 3.63) is 24.0 Å². The van der Waals surface area contributed by atoms with E-state index in [-0.39, 0.29) is 24.4 Å². The van der Waals surface area contributed by atoms with Crippen LogP contribution < -0.4 is 15.4 Å². The maximum atomic E-state index is 13.5. The molecule has 0 saturated carbocycles. The molecule has 116 valence electrons. The highest BCUT2D eigenvalue weighted by atomic mass is 19.1. The average Bonchev–Trinajstić information content (AvgIpc) is 2.41. The number of carbonyl (C=O) groups is 2. The van der Waals surface area contributed by atoms with Crippen molar-refractivity contribution in [2.75, 3.05) is 18.5 Å². The van der Waals surface area contributed by atoms with Gasteiger partial charge >= 0.3 is 12.0 Å². The van der Waals surface area contributed by atoms with Crippen LogP contribution >= 0.6 is 0 Å². The van der Waals surface area contributed by atoms with E-state index in [2.05, 4.69) is 10.6 Å². The molecule has 1 aromatic carbocycles. The number of urea groups is 1. The molecule has 0 aliphatic carbocycles. The first-order valence-corrected chi connectivity index (χ1v) is 6.32. The van der Waals surface area contributed by atoms with E-state index in [1.807, 2.05) is 0 Å². The number of aliphatic hydroxyl groups excluding tert-OH is 1. The lowest BCUT2D eigenvalue weighted by Crippen LogP contribution is -2.33. The third kappa shape index (κ3) is 5.65. The highest BCUT2D eigenvalue weighted by molar-refractivity contribution is 5.89. The molecule has 0 saturated heterocycles. The van der Waals surface area contributed by atoms with Crippen molar-refractivity contribution in [2.45, 2.75) is 19.4 Å². The number of hydrogen-bond acceptors (Lipinski definition) is 4. The van der Waals surface area contributed by atoms with Crippen molar-refractivity contribution in [1.82, 2.24) is 5.32 Å². The van der Waals surface area contributed by atoms with Gasteiger partial charge < -0.3 is 25.6 Å². The van der Waals surface area contributed by atoms with E-state index >= 15 is 0 Å². The Morgan fingerprint density at radius 3 is 2.71 bits per heavy atom. The van der Waals surface area contributed by atoms with Crippen molar-refractivity contribution in [2.24, 2.45) is 0 Å². The van der Waals surface area contributed by atoms with Crippen LogP contribution in [-0.2, 0) is 4.79 Å². The van der Waals surface area contributed by atoms with Gasteiger partial charge in [-0.15, -0.1) is 0 Å². The van der Waals surface area contributed by atoms with E-state index in [1.165, 1.54) is 12.1 Å². The monoisotopic (exact) mass is 300 g/mol. The summed E-state index contributed by atoms with van der Waals surface area (Å²) >= 11 is 0. The predicted molar refractivity (Wildman–Crippen MR) is 72.9 cm³/mol. The average molecular weight is 300 g/mol. The summed E-state index contributed by atoms with van der Waals surface area (Å²) in [6.45, 7) is 2.03. The molecule has 0 aliphatic rings. The summed E-state index contributed by atoms with van der Waals surface area (Å²) in [7, 11) is 0. The number of anilines is 1. The molecule has 0 fully saturated rings. The lowest BCUT2D eigenvalue weighted by atomic mass is 10.2. The number of halogens is 1. The van der Waals surface area contributed by atoms with Gasteiger partial charge in [0.2, 0.25) is 0 Å². The summed E-state index contributed by atoms with van der Waals surface area (Å²) < 4.78 is 18.6. The van der Waals surface area contributed by atoms with Gasteiger partial charge in [-0.2, -0.15) is 0 Å². The number of hydrogen-bond donors (Lipinski definition) is 4. The Labute approximate surface area is 120 Å². The molecule has 1 unspecified atom stereocenters. The van der Waals surface area contributed by atoms with Crippen molar-refractivity contribution < 1.29 is 28.9 Å². The van der Waals surface area contributed by atoms with E-state index < -0.39 is 23.9 Å². The number of carbonyl (C=O) groups excluding carboxylic acids is 1. The van der Waals surface area contributed by atoms with Gasteiger partial charge in [0.05, 0.1) is 6.61 Å². The van der Waals surface area contributed by atoms with Crippen LogP contribution in [-0.4, -0.2) is 41.5 Å². The first kappa shape index (κ1) is 16.7. The predicted octanol–water partition coefficient (Wildman–Crippen LogP) is 1.18. The lowest BCUT2D eigenvalue weighted by molar-refractivity contribution is -0.146. The minimum absolute atomic E-state index is 0.0290. The molecule has 0 spiro atoms. The molecule has 21 heavy (non-hydrogen) atoms. The van der Waals surface area contributed by atoms with Gasteiger partial charge in [0.1, 0.15) is 0 Å². The zero-order valence-corrected chi connectivity index (χ0v) is 11.4. The van der Waals surface area contributed by atoms with Crippen LogP contribution in [0.4, 0.5) is 14.9 Å². The second-order valence-corrected chi connectivity index (χ2v) is 4.10. The van der Waals surface area contributed by atoms with E-state index in [9.17, 15) is 14.0 Å². The van der Waals surface area contributed by atoms with Crippen LogP contribution in [0.15, 0.2) is 18.2 Å². The second kappa shape index (κ2) is 8.05. The summed E-state index contributed by atoms with van der Waals surface area (Å²) in [4.78, 5) is 21.8. The van der Waals surface area contributed by atoms with Gasteiger partial charge in [0, 0.05) is 24.7 Å². The molecule has 2 amide bonds. The number of carboxylic acids is 1. The number of ether oxygens (including phenoxy) is 1. The molecule has 1 aromatic rings. The molecular weight excluding hydrogens is 283 g/mol. The molecule has 8 heteroatoms. The largest absolute Gasteiger partial charge is 0.491 e. The quantitative estimate of drug-likeness (QED) is 0.605. The molecule has 0 radical (unpaired) electrons. The summed E-state index contributed by atoms with van der Waals surface area (Å²) in [5.41, 5.74) is 0.229. The molecule has 0 aromatic heterocycles. The highest BCUT2D eigenvalue weighted by Crippen LogP contribution is 2.20. The molecule has 4 N–H and O–H groups in total. The Balaban J connectivity index is 2.44. The second-order valence-electron chi connectivity index (χ2n) is 4.10. The van der Waals surface area contributed by atoms with Gasteiger partial charge in [0.25, 0.3) is 0 Å². The minimum atomic E-state index is -1.53. The zero-order valence-electron chi connectivity index (χ0n) is 11.4. The fourth-order valence-electron chi connectivity index (χ4n) is 1.47. The zero-order chi connectivity index (χ0) is 15.8. The van der Waals surface area contributed by atoms with E-state index in [0.717, 1.165) is 6.07 Å². The van der Waals surface area contributed by atoms with Crippen molar-refractivity contribution in [1.29, 1.82) is 0 Å². The van der Waals surface area contributed by atoms with Gasteiger partial charge in [-0.25, -0.2) is 14.0 Å². The Morgan fingerprint density at radius 1 is 1.43 bits per heavy atom. The van der Waals surface area contributed by atoms with Crippen molar-refractivity contribution in [3.63, 3.8) is 0 Å². The van der Waals surface area contributed by atoms with Gasteiger partial charge in [0.15, 0.2) is 17.7 Å². The van der Waals surface area contributed by atoms with Crippen LogP contribution in [0.5, 0.6) is 5.75 Å². The third-order valence-electron chi connectivity index (χ3n) is 2.48. The maximum absolute atomic E-state index is 13.5. The summed E-state index contributed by atoms with van der Waals surface area (Å²) in [6.07, 6.45) is -1.66. The topological polar surface area (TPSA) is 108 Å². The van der Waals surface area contributed by atoms with Crippen LogP contribution in [0.25, 0.3) is 0 Å². The lowest BCUT2D eigenvalue weighted by Gasteiger charge is -2.10. The number of nitrogens with one attached hydrogen (secondary N) is 2. The standard InChI is InChI=1S/C13H17FN2O5/c1-2-21-11-4-3-8(7-9(11)14)16-13(20)15-6-5-10(17)12(18)19/h3-4,7,10,17H,2,5-6H2,1H3,(H,18,19)(H2,15,16,20). The third-order valence-corrected chi connectivity index (χ3v) is 2.48. The van der Waals surface area contributed by atoms with Crippen LogP contribution in [0.3, 0.4) is 0 Å². The first-order valence-electron chi connectivity index (χ1n) is 6.32.